The molecule has 186 valence electrons. The molecule has 0 radical (unpaired) electrons. The van der Waals surface area contributed by atoms with Crippen molar-refractivity contribution in [2.45, 2.75) is 46.2 Å². The molecule has 0 N–H and O–H groups in total. The number of aryl methyl sites for hydroxylation is 2. The highest BCUT2D eigenvalue weighted by Crippen LogP contribution is 2.32. The van der Waals surface area contributed by atoms with E-state index in [1.165, 1.54) is 28.3 Å². The van der Waals surface area contributed by atoms with Crippen LogP contribution in [0, 0.1) is 5.82 Å². The van der Waals surface area contributed by atoms with Crippen LogP contribution in [-0.2, 0) is 32.4 Å². The Hall–Kier alpha value is -3.50. The maximum absolute atomic E-state index is 13.7. The minimum atomic E-state index is -0.192. The number of methoxy groups -OCH3 is 1. The fourth-order valence-corrected chi connectivity index (χ4v) is 4.76. The van der Waals surface area contributed by atoms with Gasteiger partial charge in [0.15, 0.2) is 0 Å². The molecular formula is C32H35FN2O. The number of aromatic nitrogens is 1. The molecule has 3 nitrogen and oxygen atoms in total. The van der Waals surface area contributed by atoms with E-state index in [2.05, 4.69) is 67.3 Å². The Balaban J connectivity index is 1.61. The third-order valence-electron chi connectivity index (χ3n) is 6.67. The van der Waals surface area contributed by atoms with Gasteiger partial charge >= 0.3 is 0 Å². The highest BCUT2D eigenvalue weighted by atomic mass is 19.1. The van der Waals surface area contributed by atoms with Crippen LogP contribution in [0.1, 0.15) is 41.7 Å². The number of benzene rings is 3. The molecule has 1 heterocycles. The van der Waals surface area contributed by atoms with Crippen molar-refractivity contribution < 1.29 is 9.13 Å². The van der Waals surface area contributed by atoms with Crippen LogP contribution in [0.3, 0.4) is 0 Å². The van der Waals surface area contributed by atoms with Crippen molar-refractivity contribution in [1.82, 2.24) is 9.88 Å². The van der Waals surface area contributed by atoms with E-state index >= 15 is 0 Å². The van der Waals surface area contributed by atoms with E-state index in [0.29, 0.717) is 6.54 Å². The van der Waals surface area contributed by atoms with E-state index in [1.54, 1.807) is 19.2 Å². The van der Waals surface area contributed by atoms with Crippen LogP contribution in [0.25, 0.3) is 11.3 Å². The molecule has 0 aliphatic carbocycles. The van der Waals surface area contributed by atoms with E-state index in [-0.39, 0.29) is 5.82 Å². The fourth-order valence-electron chi connectivity index (χ4n) is 4.76. The summed E-state index contributed by atoms with van der Waals surface area (Å²) in [6, 6.07) is 25.9. The highest BCUT2D eigenvalue weighted by Gasteiger charge is 2.16. The molecule has 4 aromatic rings. The van der Waals surface area contributed by atoms with Crippen molar-refractivity contribution in [2.24, 2.45) is 0 Å². The van der Waals surface area contributed by atoms with Crippen molar-refractivity contribution >= 4 is 0 Å². The number of hydrogen-bond acceptors (Lipinski definition) is 3. The largest absolute Gasteiger partial charge is 0.496 e. The van der Waals surface area contributed by atoms with E-state index in [4.69, 9.17) is 9.72 Å². The highest BCUT2D eigenvalue weighted by molar-refractivity contribution is 5.69. The Morgan fingerprint density at radius 1 is 0.778 bits per heavy atom. The maximum Gasteiger partial charge on any atom is 0.127 e. The summed E-state index contributed by atoms with van der Waals surface area (Å²) in [5.41, 5.74) is 8.07. The van der Waals surface area contributed by atoms with Crippen molar-refractivity contribution in [3.63, 3.8) is 0 Å². The lowest BCUT2D eigenvalue weighted by Gasteiger charge is -2.24. The monoisotopic (exact) mass is 482 g/mol. The lowest BCUT2D eigenvalue weighted by atomic mass is 9.94. The lowest BCUT2D eigenvalue weighted by molar-refractivity contribution is 0.255. The number of ether oxygens (including phenoxy) is 1. The molecule has 0 spiro atoms. The van der Waals surface area contributed by atoms with Crippen LogP contribution in [0.15, 0.2) is 85.1 Å². The molecule has 4 heteroatoms. The van der Waals surface area contributed by atoms with Gasteiger partial charge in [-0.05, 0) is 53.6 Å². The number of nitrogens with zero attached hydrogens (tertiary/aromatic N) is 2. The first kappa shape index (κ1) is 25.6. The molecular weight excluding hydrogens is 447 g/mol. The van der Waals surface area contributed by atoms with Gasteiger partial charge in [0.2, 0.25) is 0 Å². The zero-order valence-corrected chi connectivity index (χ0v) is 21.5. The smallest absolute Gasteiger partial charge is 0.127 e. The summed E-state index contributed by atoms with van der Waals surface area (Å²) in [5, 5.41) is 0. The first-order valence-electron chi connectivity index (χ1n) is 12.8. The summed E-state index contributed by atoms with van der Waals surface area (Å²) in [6.45, 7) is 6.65. The summed E-state index contributed by atoms with van der Waals surface area (Å²) in [7, 11) is 1.73. The second-order valence-electron chi connectivity index (χ2n) is 9.12. The van der Waals surface area contributed by atoms with Crippen molar-refractivity contribution in [3.8, 4) is 17.0 Å². The third-order valence-corrected chi connectivity index (χ3v) is 6.67. The second-order valence-corrected chi connectivity index (χ2v) is 9.12. The molecule has 3 aromatic carbocycles. The molecule has 36 heavy (non-hydrogen) atoms. The van der Waals surface area contributed by atoms with Crippen LogP contribution in [0.4, 0.5) is 4.39 Å². The van der Waals surface area contributed by atoms with Crippen LogP contribution in [-0.4, -0.2) is 23.5 Å². The molecule has 0 amide bonds. The summed E-state index contributed by atoms with van der Waals surface area (Å²) in [6.07, 6.45) is 4.64. The molecule has 0 fully saturated rings. The van der Waals surface area contributed by atoms with Crippen molar-refractivity contribution in [1.29, 1.82) is 0 Å². The minimum Gasteiger partial charge on any atom is -0.496 e. The van der Waals surface area contributed by atoms with Gasteiger partial charge < -0.3 is 4.74 Å². The summed E-state index contributed by atoms with van der Waals surface area (Å²) < 4.78 is 19.6. The zero-order valence-electron chi connectivity index (χ0n) is 21.5. The maximum atomic E-state index is 13.7. The average Bonchev–Trinajstić information content (AvgIpc) is 2.92. The first-order valence-corrected chi connectivity index (χ1v) is 12.8. The summed E-state index contributed by atoms with van der Waals surface area (Å²) in [5.74, 6) is 0.652. The first-order chi connectivity index (χ1) is 17.6. The molecule has 0 aliphatic rings. The van der Waals surface area contributed by atoms with Crippen LogP contribution in [0.5, 0.6) is 5.75 Å². The third kappa shape index (κ3) is 6.38. The van der Waals surface area contributed by atoms with Gasteiger partial charge in [-0.25, -0.2) is 4.39 Å². The van der Waals surface area contributed by atoms with Crippen LogP contribution in [0.2, 0.25) is 0 Å². The SMILES string of the molecule is CCc1cccc(CC)c1-c1cc(OC)c(CN(CCc2cccc(F)c2)Cc2ccccc2)cn1. The Bertz CT molecular complexity index is 1250. The van der Waals surface area contributed by atoms with Crippen molar-refractivity contribution in [3.05, 3.63) is 119 Å². The summed E-state index contributed by atoms with van der Waals surface area (Å²) >= 11 is 0. The number of rotatable bonds is 11. The van der Waals surface area contributed by atoms with Crippen LogP contribution < -0.4 is 4.74 Å². The topological polar surface area (TPSA) is 25.4 Å². The Kier molecular flexibility index (Phi) is 8.85. The molecule has 1 aromatic heterocycles. The predicted octanol–water partition coefficient (Wildman–Crippen LogP) is 7.27. The Morgan fingerprint density at radius 3 is 2.14 bits per heavy atom. The predicted molar refractivity (Wildman–Crippen MR) is 146 cm³/mol. The van der Waals surface area contributed by atoms with Gasteiger partial charge in [-0.3, -0.25) is 9.88 Å². The Labute approximate surface area is 214 Å². The van der Waals surface area contributed by atoms with Gasteiger partial charge in [0, 0.05) is 43.0 Å². The van der Waals surface area contributed by atoms with Gasteiger partial charge in [-0.15, -0.1) is 0 Å². The minimum absolute atomic E-state index is 0.192. The molecule has 4 rings (SSSR count). The Morgan fingerprint density at radius 2 is 1.47 bits per heavy atom. The average molecular weight is 483 g/mol. The molecule has 0 unspecified atom stereocenters. The van der Waals surface area contributed by atoms with Crippen molar-refractivity contribution in [2.75, 3.05) is 13.7 Å². The van der Waals surface area contributed by atoms with Crippen LogP contribution >= 0.6 is 0 Å². The molecule has 0 bridgehead atoms. The summed E-state index contributed by atoms with van der Waals surface area (Å²) in [4.78, 5) is 7.28. The zero-order chi connectivity index (χ0) is 25.3. The standard InChI is InChI=1S/C32H35FN2O/c1-4-26-14-10-15-27(5-2)32(26)30-20-31(36-3)28(21-34-30)23-35(22-25-11-7-6-8-12-25)18-17-24-13-9-16-29(33)19-24/h6-16,19-21H,4-5,17-18,22-23H2,1-3H3. The molecule has 0 saturated carbocycles. The van der Waals surface area contributed by atoms with E-state index < -0.39 is 0 Å². The van der Waals surface area contributed by atoms with E-state index in [0.717, 1.165) is 54.9 Å². The van der Waals surface area contributed by atoms with Gasteiger partial charge in [-0.1, -0.05) is 74.5 Å². The van der Waals surface area contributed by atoms with Gasteiger partial charge in [0.1, 0.15) is 11.6 Å². The second kappa shape index (κ2) is 12.5. The van der Waals surface area contributed by atoms with Gasteiger partial charge in [0.05, 0.1) is 12.8 Å². The number of pyridine rings is 1. The van der Waals surface area contributed by atoms with Gasteiger partial charge in [0.25, 0.3) is 0 Å². The fraction of sp³-hybridized carbons (Fsp3) is 0.281. The van der Waals surface area contributed by atoms with Gasteiger partial charge in [-0.2, -0.15) is 0 Å². The van der Waals surface area contributed by atoms with E-state index in [1.807, 2.05) is 18.3 Å². The number of hydrogen-bond donors (Lipinski definition) is 0. The quantitative estimate of drug-likeness (QED) is 0.225. The molecule has 0 atom stereocenters. The lowest BCUT2D eigenvalue weighted by Crippen LogP contribution is -2.25. The number of halogens is 1. The molecule has 0 aliphatic heterocycles. The molecule has 0 saturated heterocycles. The van der Waals surface area contributed by atoms with E-state index in [9.17, 15) is 4.39 Å². The normalized spacial score (nSPS) is 11.1.